The van der Waals surface area contributed by atoms with Crippen molar-refractivity contribution in [3.8, 4) is 0 Å². The van der Waals surface area contributed by atoms with Crippen molar-refractivity contribution in [2.75, 3.05) is 16.5 Å². The molecule has 1 aliphatic rings. The minimum atomic E-state index is -0.665. The molecule has 0 N–H and O–H groups in total. The number of aryl methyl sites for hydroxylation is 4. The highest BCUT2D eigenvalue weighted by Gasteiger charge is 2.44. The molecule has 1 heterocycles. The van der Waals surface area contributed by atoms with Crippen LogP contribution in [0.15, 0.2) is 48.7 Å². The molecule has 3 rings (SSSR count). The van der Waals surface area contributed by atoms with Crippen LogP contribution in [0.25, 0.3) is 0 Å². The van der Waals surface area contributed by atoms with Crippen molar-refractivity contribution >= 4 is 17.3 Å². The first-order valence-corrected chi connectivity index (χ1v) is 9.07. The van der Waals surface area contributed by atoms with E-state index >= 15 is 0 Å². The second kappa shape index (κ2) is 6.31. The third kappa shape index (κ3) is 2.72. The normalized spacial score (nSPS) is 17.0. The number of hydrogen-bond donors (Lipinski definition) is 0. The van der Waals surface area contributed by atoms with Gasteiger partial charge in [0.15, 0.2) is 0 Å². The van der Waals surface area contributed by atoms with Gasteiger partial charge in [0.05, 0.1) is 11.1 Å². The molecule has 26 heavy (non-hydrogen) atoms. The summed E-state index contributed by atoms with van der Waals surface area (Å²) >= 11 is 0. The fourth-order valence-corrected chi connectivity index (χ4v) is 3.93. The minimum Gasteiger partial charge on any atom is -0.326 e. The molecule has 1 saturated heterocycles. The smallest absolute Gasteiger partial charge is 0.240 e. The van der Waals surface area contributed by atoms with E-state index in [-0.39, 0.29) is 5.91 Å². The van der Waals surface area contributed by atoms with E-state index in [1.165, 1.54) is 11.1 Å². The highest BCUT2D eigenvalue weighted by Crippen LogP contribution is 2.42. The first-order valence-electron chi connectivity index (χ1n) is 9.07. The molecule has 1 fully saturated rings. The zero-order valence-electron chi connectivity index (χ0n) is 16.7. The molecular weight excluding hydrogens is 320 g/mol. The van der Waals surface area contributed by atoms with E-state index in [4.69, 9.17) is 0 Å². The first kappa shape index (κ1) is 18.2. The Hall–Kier alpha value is -2.55. The number of benzene rings is 2. The Morgan fingerprint density at radius 2 is 1.19 bits per heavy atom. The number of amides is 1. The summed E-state index contributed by atoms with van der Waals surface area (Å²) in [6, 6.07) is 12.5. The third-order valence-electron chi connectivity index (χ3n) is 5.53. The molecule has 3 nitrogen and oxygen atoms in total. The Morgan fingerprint density at radius 1 is 0.808 bits per heavy atom. The van der Waals surface area contributed by atoms with E-state index in [0.29, 0.717) is 6.67 Å². The topological polar surface area (TPSA) is 23.6 Å². The van der Waals surface area contributed by atoms with Crippen molar-refractivity contribution in [1.82, 2.24) is 0 Å². The average Bonchev–Trinajstić information content (AvgIpc) is 2.56. The molecule has 0 radical (unpaired) electrons. The third-order valence-corrected chi connectivity index (χ3v) is 5.53. The zero-order valence-corrected chi connectivity index (χ0v) is 16.7. The van der Waals surface area contributed by atoms with Crippen LogP contribution >= 0.6 is 0 Å². The van der Waals surface area contributed by atoms with Gasteiger partial charge in [-0.2, -0.15) is 0 Å². The Bertz CT molecular complexity index is 783. The van der Waals surface area contributed by atoms with Crippen LogP contribution in [0.3, 0.4) is 0 Å². The summed E-state index contributed by atoms with van der Waals surface area (Å²) in [6.07, 6.45) is 0. The van der Waals surface area contributed by atoms with Crippen LogP contribution < -0.4 is 9.80 Å². The summed E-state index contributed by atoms with van der Waals surface area (Å²) in [4.78, 5) is 17.5. The summed E-state index contributed by atoms with van der Waals surface area (Å²) in [5.41, 5.74) is 6.95. The molecule has 2 aromatic rings. The van der Waals surface area contributed by atoms with Crippen molar-refractivity contribution in [2.24, 2.45) is 5.41 Å². The monoisotopic (exact) mass is 348 g/mol. The quantitative estimate of drug-likeness (QED) is 0.738. The lowest BCUT2D eigenvalue weighted by molar-refractivity contribution is -0.125. The number of carbonyl (C=O) groups is 1. The van der Waals surface area contributed by atoms with Crippen LogP contribution in [0.4, 0.5) is 11.4 Å². The van der Waals surface area contributed by atoms with Gasteiger partial charge in [-0.05, 0) is 63.8 Å². The van der Waals surface area contributed by atoms with Gasteiger partial charge in [-0.1, -0.05) is 43.0 Å². The Kier molecular flexibility index (Phi) is 4.43. The van der Waals surface area contributed by atoms with E-state index in [2.05, 4.69) is 69.5 Å². The van der Waals surface area contributed by atoms with Gasteiger partial charge in [0.25, 0.3) is 0 Å². The van der Waals surface area contributed by atoms with Gasteiger partial charge in [0.2, 0.25) is 5.91 Å². The summed E-state index contributed by atoms with van der Waals surface area (Å²) < 4.78 is 0. The van der Waals surface area contributed by atoms with Crippen molar-refractivity contribution in [3.05, 3.63) is 70.9 Å². The first-order chi connectivity index (χ1) is 12.2. The number of rotatable bonds is 2. The highest BCUT2D eigenvalue weighted by atomic mass is 16.2. The average molecular weight is 348 g/mol. The summed E-state index contributed by atoms with van der Waals surface area (Å²) in [5, 5.41) is 0. The lowest BCUT2D eigenvalue weighted by Gasteiger charge is -2.47. The van der Waals surface area contributed by atoms with Crippen molar-refractivity contribution in [3.63, 3.8) is 0 Å². The maximum absolute atomic E-state index is 13.3. The second-order valence-corrected chi connectivity index (χ2v) is 7.86. The van der Waals surface area contributed by atoms with Crippen LogP contribution in [-0.2, 0) is 4.79 Å². The minimum absolute atomic E-state index is 0.0994. The molecule has 136 valence electrons. The lowest BCUT2D eigenvalue weighted by Crippen LogP contribution is -2.56. The molecule has 2 aromatic carbocycles. The maximum Gasteiger partial charge on any atom is 0.240 e. The van der Waals surface area contributed by atoms with Gasteiger partial charge in [-0.15, -0.1) is 0 Å². The molecule has 0 aliphatic carbocycles. The molecular formula is C23H28N2O. The summed E-state index contributed by atoms with van der Waals surface area (Å²) in [7, 11) is 0. The van der Waals surface area contributed by atoms with Gasteiger partial charge in [0.1, 0.15) is 6.67 Å². The number of carbonyl (C=O) groups excluding carboxylic acids is 1. The highest BCUT2D eigenvalue weighted by molar-refractivity contribution is 6.03. The number of anilines is 2. The van der Waals surface area contributed by atoms with Gasteiger partial charge >= 0.3 is 0 Å². The predicted octanol–water partition coefficient (Wildman–Crippen LogP) is 5.27. The number of para-hydroxylation sites is 2. The zero-order chi connectivity index (χ0) is 19.2. The largest absolute Gasteiger partial charge is 0.326 e. The fourth-order valence-electron chi connectivity index (χ4n) is 3.93. The lowest BCUT2D eigenvalue weighted by atomic mass is 9.84. The molecule has 0 unspecified atom stereocenters. The van der Waals surface area contributed by atoms with Crippen molar-refractivity contribution in [1.29, 1.82) is 0 Å². The Balaban J connectivity index is 2.17. The van der Waals surface area contributed by atoms with Crippen LogP contribution in [0.1, 0.15) is 36.1 Å². The summed E-state index contributed by atoms with van der Waals surface area (Å²) in [6.45, 7) is 17.1. The van der Waals surface area contributed by atoms with Crippen LogP contribution in [0, 0.1) is 33.1 Å². The van der Waals surface area contributed by atoms with E-state index in [0.717, 1.165) is 28.2 Å². The Morgan fingerprint density at radius 3 is 1.62 bits per heavy atom. The van der Waals surface area contributed by atoms with Crippen LogP contribution in [-0.4, -0.2) is 12.6 Å². The van der Waals surface area contributed by atoms with Crippen molar-refractivity contribution < 1.29 is 4.79 Å². The molecule has 0 aromatic heterocycles. The van der Waals surface area contributed by atoms with Crippen LogP contribution in [0.5, 0.6) is 0 Å². The summed E-state index contributed by atoms with van der Waals surface area (Å²) in [5.74, 6) is 0.0994. The van der Waals surface area contributed by atoms with Gasteiger partial charge < -0.3 is 4.90 Å². The molecule has 3 heteroatoms. The predicted molar refractivity (Wildman–Crippen MR) is 110 cm³/mol. The second-order valence-electron chi connectivity index (χ2n) is 7.86. The van der Waals surface area contributed by atoms with E-state index in [1.807, 2.05) is 24.8 Å². The van der Waals surface area contributed by atoms with Gasteiger partial charge in [0, 0.05) is 11.4 Å². The van der Waals surface area contributed by atoms with Crippen LogP contribution in [0.2, 0.25) is 0 Å². The maximum atomic E-state index is 13.3. The van der Waals surface area contributed by atoms with Gasteiger partial charge in [-0.25, -0.2) is 0 Å². The number of nitrogens with zero attached hydrogens (tertiary/aromatic N) is 2. The SMILES string of the molecule is C=C1N(c2c(C)cccc2C)CN(c2c(C)cccc2C)C(=O)C1(C)C. The van der Waals surface area contributed by atoms with E-state index < -0.39 is 5.41 Å². The molecule has 0 atom stereocenters. The van der Waals surface area contributed by atoms with E-state index in [9.17, 15) is 4.79 Å². The standard InChI is InChI=1S/C23H28N2O/c1-15-10-8-11-16(2)20(15)24-14-25(22(26)23(6,7)19(24)5)21-17(3)12-9-13-18(21)4/h8-13H,5,14H2,1-4,6-7H3. The van der Waals surface area contributed by atoms with E-state index in [1.54, 1.807) is 0 Å². The molecule has 0 saturated carbocycles. The Labute approximate surface area is 156 Å². The molecule has 1 amide bonds. The van der Waals surface area contributed by atoms with Gasteiger partial charge in [-0.3, -0.25) is 9.69 Å². The number of hydrogen-bond acceptors (Lipinski definition) is 2. The molecule has 1 aliphatic heterocycles. The fraction of sp³-hybridized carbons (Fsp3) is 0.348. The van der Waals surface area contributed by atoms with Crippen molar-refractivity contribution in [2.45, 2.75) is 41.5 Å². The molecule has 0 bridgehead atoms. The molecule has 0 spiro atoms.